The molecule has 1 aromatic rings. The molecule has 1 aliphatic carbocycles. The number of esters is 1. The van der Waals surface area contributed by atoms with Crippen molar-refractivity contribution in [1.82, 2.24) is 0 Å². The molecule has 0 amide bonds. The van der Waals surface area contributed by atoms with Crippen molar-refractivity contribution < 1.29 is 14.3 Å². The van der Waals surface area contributed by atoms with Gasteiger partial charge < -0.3 is 4.74 Å². The lowest BCUT2D eigenvalue weighted by Gasteiger charge is -2.22. The normalized spacial score (nSPS) is 19.0. The van der Waals surface area contributed by atoms with E-state index in [1.807, 2.05) is 39.0 Å². The third-order valence-corrected chi connectivity index (χ3v) is 2.72. The van der Waals surface area contributed by atoms with E-state index in [4.69, 9.17) is 4.74 Å². The van der Waals surface area contributed by atoms with Gasteiger partial charge in [0.25, 0.3) is 0 Å². The van der Waals surface area contributed by atoms with E-state index in [1.54, 1.807) is 6.07 Å². The second-order valence-electron chi connectivity index (χ2n) is 5.30. The van der Waals surface area contributed by atoms with Gasteiger partial charge in [0.15, 0.2) is 5.78 Å². The molecular formula is C14H16O3. The molecule has 17 heavy (non-hydrogen) atoms. The molecule has 90 valence electrons. The third-order valence-electron chi connectivity index (χ3n) is 2.72. The summed E-state index contributed by atoms with van der Waals surface area (Å²) in [7, 11) is 0. The summed E-state index contributed by atoms with van der Waals surface area (Å²) in [6, 6.07) is 7.25. The van der Waals surface area contributed by atoms with Crippen LogP contribution in [0.3, 0.4) is 0 Å². The summed E-state index contributed by atoms with van der Waals surface area (Å²) in [5.41, 5.74) is 0.938. The Kier molecular flexibility index (Phi) is 2.77. The number of hydrogen-bond donors (Lipinski definition) is 0. The number of ether oxygens (including phenoxy) is 1. The van der Waals surface area contributed by atoms with Crippen molar-refractivity contribution in [2.45, 2.75) is 38.7 Å². The van der Waals surface area contributed by atoms with Gasteiger partial charge in [-0.2, -0.15) is 0 Å². The Bertz CT molecular complexity index is 469. The molecule has 1 aromatic carbocycles. The van der Waals surface area contributed by atoms with Crippen LogP contribution in [0.5, 0.6) is 0 Å². The SMILES string of the molecule is CC(C)(C)OC(=O)[C@@H]1CC(=O)c2ccccc21. The number of carbonyl (C=O) groups is 2. The second kappa shape index (κ2) is 3.99. The Labute approximate surface area is 101 Å². The van der Waals surface area contributed by atoms with Crippen molar-refractivity contribution in [2.24, 2.45) is 0 Å². The Morgan fingerprint density at radius 3 is 2.59 bits per heavy atom. The first kappa shape index (κ1) is 11.8. The fraction of sp³-hybridized carbons (Fsp3) is 0.429. The average molecular weight is 232 g/mol. The first-order chi connectivity index (χ1) is 7.88. The molecule has 3 nitrogen and oxygen atoms in total. The van der Waals surface area contributed by atoms with Gasteiger partial charge in [0.2, 0.25) is 0 Å². The highest BCUT2D eigenvalue weighted by Crippen LogP contribution is 2.34. The van der Waals surface area contributed by atoms with Gasteiger partial charge in [-0.15, -0.1) is 0 Å². The van der Waals surface area contributed by atoms with Crippen LogP contribution in [-0.4, -0.2) is 17.4 Å². The molecule has 0 saturated heterocycles. The number of benzene rings is 1. The average Bonchev–Trinajstić information content (AvgIpc) is 2.55. The molecule has 2 rings (SSSR count). The van der Waals surface area contributed by atoms with Crippen LogP contribution in [0.2, 0.25) is 0 Å². The van der Waals surface area contributed by atoms with Gasteiger partial charge in [0.05, 0.1) is 5.92 Å². The minimum Gasteiger partial charge on any atom is -0.459 e. The molecule has 0 heterocycles. The second-order valence-corrected chi connectivity index (χ2v) is 5.30. The maximum absolute atomic E-state index is 12.0. The number of rotatable bonds is 1. The highest BCUT2D eigenvalue weighted by molar-refractivity contribution is 6.05. The van der Waals surface area contributed by atoms with Crippen LogP contribution < -0.4 is 0 Å². The summed E-state index contributed by atoms with van der Waals surface area (Å²) >= 11 is 0. The molecule has 0 N–H and O–H groups in total. The van der Waals surface area contributed by atoms with Crippen molar-refractivity contribution >= 4 is 11.8 Å². The summed E-state index contributed by atoms with van der Waals surface area (Å²) in [5, 5.41) is 0. The van der Waals surface area contributed by atoms with E-state index in [-0.39, 0.29) is 18.2 Å². The number of ketones is 1. The lowest BCUT2D eigenvalue weighted by molar-refractivity contribution is -0.156. The van der Waals surface area contributed by atoms with Crippen molar-refractivity contribution in [3.05, 3.63) is 35.4 Å². The van der Waals surface area contributed by atoms with Crippen LogP contribution in [0, 0.1) is 0 Å². The summed E-state index contributed by atoms with van der Waals surface area (Å²) in [4.78, 5) is 23.7. The zero-order valence-electron chi connectivity index (χ0n) is 10.3. The Balaban J connectivity index is 2.26. The number of Topliss-reactive ketones (excluding diaryl/α,β-unsaturated/α-hetero) is 1. The smallest absolute Gasteiger partial charge is 0.314 e. The Hall–Kier alpha value is -1.64. The van der Waals surface area contributed by atoms with Crippen LogP contribution in [0.25, 0.3) is 0 Å². The minimum absolute atomic E-state index is 0.0245. The molecule has 0 spiro atoms. The zero-order chi connectivity index (χ0) is 12.6. The van der Waals surface area contributed by atoms with Crippen molar-refractivity contribution in [3.63, 3.8) is 0 Å². The van der Waals surface area contributed by atoms with Crippen LogP contribution >= 0.6 is 0 Å². The van der Waals surface area contributed by atoms with E-state index in [1.165, 1.54) is 0 Å². The molecule has 0 unspecified atom stereocenters. The Morgan fingerprint density at radius 2 is 1.94 bits per heavy atom. The highest BCUT2D eigenvalue weighted by Gasteiger charge is 2.36. The van der Waals surface area contributed by atoms with E-state index in [0.717, 1.165) is 5.56 Å². The fourth-order valence-electron chi connectivity index (χ4n) is 2.04. The summed E-state index contributed by atoms with van der Waals surface area (Å²) in [5.74, 6) is -0.717. The van der Waals surface area contributed by atoms with Gasteiger partial charge >= 0.3 is 5.97 Å². The first-order valence-electron chi connectivity index (χ1n) is 5.73. The molecular weight excluding hydrogens is 216 g/mol. The topological polar surface area (TPSA) is 43.4 Å². The van der Waals surface area contributed by atoms with Gasteiger partial charge in [0.1, 0.15) is 5.60 Å². The monoisotopic (exact) mass is 232 g/mol. The zero-order valence-corrected chi connectivity index (χ0v) is 10.3. The first-order valence-corrected chi connectivity index (χ1v) is 5.73. The molecule has 0 fully saturated rings. The minimum atomic E-state index is -0.516. The van der Waals surface area contributed by atoms with Crippen LogP contribution in [0.4, 0.5) is 0 Å². The molecule has 1 aliphatic rings. The number of hydrogen-bond acceptors (Lipinski definition) is 3. The van der Waals surface area contributed by atoms with E-state index in [0.29, 0.717) is 5.56 Å². The van der Waals surface area contributed by atoms with Crippen molar-refractivity contribution in [1.29, 1.82) is 0 Å². The van der Waals surface area contributed by atoms with E-state index in [9.17, 15) is 9.59 Å². The number of fused-ring (bicyclic) bond motifs is 1. The van der Waals surface area contributed by atoms with E-state index in [2.05, 4.69) is 0 Å². The van der Waals surface area contributed by atoms with Gasteiger partial charge in [-0.1, -0.05) is 24.3 Å². The van der Waals surface area contributed by atoms with Crippen LogP contribution in [0.15, 0.2) is 24.3 Å². The Morgan fingerprint density at radius 1 is 1.29 bits per heavy atom. The highest BCUT2D eigenvalue weighted by atomic mass is 16.6. The van der Waals surface area contributed by atoms with E-state index < -0.39 is 11.5 Å². The fourth-order valence-corrected chi connectivity index (χ4v) is 2.04. The molecule has 0 radical (unpaired) electrons. The van der Waals surface area contributed by atoms with Gasteiger partial charge in [-0.05, 0) is 26.3 Å². The van der Waals surface area contributed by atoms with Crippen LogP contribution in [-0.2, 0) is 9.53 Å². The number of carbonyl (C=O) groups excluding carboxylic acids is 2. The maximum Gasteiger partial charge on any atom is 0.314 e. The maximum atomic E-state index is 12.0. The van der Waals surface area contributed by atoms with Crippen molar-refractivity contribution in [3.8, 4) is 0 Å². The molecule has 0 aromatic heterocycles. The molecule has 1 atom stereocenters. The van der Waals surface area contributed by atoms with E-state index >= 15 is 0 Å². The summed E-state index contributed by atoms with van der Waals surface area (Å²) in [6.45, 7) is 5.48. The molecule has 0 aliphatic heterocycles. The largest absolute Gasteiger partial charge is 0.459 e. The predicted octanol–water partition coefficient (Wildman–Crippen LogP) is 2.70. The summed E-state index contributed by atoms with van der Waals surface area (Å²) in [6.07, 6.45) is 0.230. The molecule has 3 heteroatoms. The molecule has 0 saturated carbocycles. The third kappa shape index (κ3) is 2.38. The van der Waals surface area contributed by atoms with Gasteiger partial charge in [0, 0.05) is 12.0 Å². The summed E-state index contributed by atoms with van der Waals surface area (Å²) < 4.78 is 5.34. The molecule has 0 bridgehead atoms. The standard InChI is InChI=1S/C14H16O3/c1-14(2,3)17-13(16)11-8-12(15)10-7-5-4-6-9(10)11/h4-7,11H,8H2,1-3H3/t11-/m1/s1. The van der Waals surface area contributed by atoms with Crippen LogP contribution in [0.1, 0.15) is 49.0 Å². The predicted molar refractivity (Wildman–Crippen MR) is 64.0 cm³/mol. The van der Waals surface area contributed by atoms with Crippen molar-refractivity contribution in [2.75, 3.05) is 0 Å². The van der Waals surface area contributed by atoms with Gasteiger partial charge in [-0.25, -0.2) is 0 Å². The quantitative estimate of drug-likeness (QED) is 0.699. The lowest BCUT2D eigenvalue weighted by atomic mass is 10.0. The van der Waals surface area contributed by atoms with Gasteiger partial charge in [-0.3, -0.25) is 9.59 Å². The lowest BCUT2D eigenvalue weighted by Crippen LogP contribution is -2.27.